The summed E-state index contributed by atoms with van der Waals surface area (Å²) in [5.41, 5.74) is 3.10. The first-order chi connectivity index (χ1) is 14.2. The number of thiophene rings is 1. The van der Waals surface area contributed by atoms with Crippen LogP contribution in [0.25, 0.3) is 21.7 Å². The number of pyridine rings is 1. The predicted octanol–water partition coefficient (Wildman–Crippen LogP) is 6.92. The number of nitrogens with zero attached hydrogens (tertiary/aromatic N) is 2. The van der Waals surface area contributed by atoms with Gasteiger partial charge in [0.25, 0.3) is 0 Å². The maximum atomic E-state index is 14.0. The monoisotopic (exact) mass is 420 g/mol. The van der Waals surface area contributed by atoms with Crippen LogP contribution < -0.4 is 0 Å². The first kappa shape index (κ1) is 19.3. The van der Waals surface area contributed by atoms with Crippen molar-refractivity contribution in [2.45, 2.75) is 10.8 Å². The minimum Gasteiger partial charge on any atom is -0.239 e. The highest BCUT2D eigenvalue weighted by Crippen LogP contribution is 2.36. The zero-order chi connectivity index (χ0) is 20.2. The Morgan fingerprint density at radius 2 is 1.79 bits per heavy atom. The average molecular weight is 421 g/mol. The van der Waals surface area contributed by atoms with E-state index in [1.165, 1.54) is 30.0 Å². The third kappa shape index (κ3) is 4.21. The Labute approximate surface area is 175 Å². The third-order valence-corrected chi connectivity index (χ3v) is 6.27. The zero-order valence-electron chi connectivity index (χ0n) is 15.1. The summed E-state index contributed by atoms with van der Waals surface area (Å²) in [6.07, 6.45) is 0. The van der Waals surface area contributed by atoms with Crippen molar-refractivity contribution in [3.8, 4) is 27.8 Å². The molecule has 0 amide bonds. The van der Waals surface area contributed by atoms with Crippen LogP contribution in [0.4, 0.5) is 8.78 Å². The molecule has 0 aliphatic heterocycles. The summed E-state index contributed by atoms with van der Waals surface area (Å²) in [6.45, 7) is 0. The lowest BCUT2D eigenvalue weighted by atomic mass is 10.0. The van der Waals surface area contributed by atoms with Gasteiger partial charge in [-0.3, -0.25) is 0 Å². The van der Waals surface area contributed by atoms with Crippen LogP contribution in [0.5, 0.6) is 0 Å². The second-order valence-corrected chi connectivity index (χ2v) is 8.12. The molecule has 0 atom stereocenters. The molecule has 4 rings (SSSR count). The van der Waals surface area contributed by atoms with E-state index in [1.54, 1.807) is 41.7 Å². The lowest BCUT2D eigenvalue weighted by Crippen LogP contribution is -1.96. The van der Waals surface area contributed by atoms with E-state index in [9.17, 15) is 14.0 Å². The summed E-state index contributed by atoms with van der Waals surface area (Å²) in [7, 11) is 0. The summed E-state index contributed by atoms with van der Waals surface area (Å²) >= 11 is 2.87. The van der Waals surface area contributed by atoms with Gasteiger partial charge in [-0.1, -0.05) is 36.4 Å². The number of benzene rings is 2. The maximum Gasteiger partial charge on any atom is 0.127 e. The fourth-order valence-electron chi connectivity index (χ4n) is 2.90. The molecule has 0 N–H and O–H groups in total. The Bertz CT molecular complexity index is 1180. The van der Waals surface area contributed by atoms with Crippen LogP contribution >= 0.6 is 23.1 Å². The zero-order valence-corrected chi connectivity index (χ0v) is 16.7. The highest BCUT2D eigenvalue weighted by atomic mass is 32.2. The first-order valence-corrected chi connectivity index (χ1v) is 10.6. The topological polar surface area (TPSA) is 36.7 Å². The number of aromatic nitrogens is 1. The van der Waals surface area contributed by atoms with Crippen molar-refractivity contribution < 1.29 is 8.78 Å². The summed E-state index contributed by atoms with van der Waals surface area (Å²) in [5.74, 6) is -0.272. The van der Waals surface area contributed by atoms with Crippen LogP contribution in [0.1, 0.15) is 11.1 Å². The maximum absolute atomic E-state index is 14.0. The molecule has 0 bridgehead atoms. The van der Waals surface area contributed by atoms with E-state index in [4.69, 9.17) is 0 Å². The molecule has 6 heteroatoms. The molecule has 0 spiro atoms. The van der Waals surface area contributed by atoms with Gasteiger partial charge in [-0.05, 0) is 46.8 Å². The molecule has 4 aromatic rings. The van der Waals surface area contributed by atoms with Crippen LogP contribution in [0, 0.1) is 23.0 Å². The number of halogens is 2. The molecule has 142 valence electrons. The molecule has 2 nitrogen and oxygen atoms in total. The van der Waals surface area contributed by atoms with Crippen molar-refractivity contribution in [2.75, 3.05) is 0 Å². The summed E-state index contributed by atoms with van der Waals surface area (Å²) in [5, 5.41) is 12.3. The largest absolute Gasteiger partial charge is 0.239 e. The highest BCUT2D eigenvalue weighted by molar-refractivity contribution is 7.98. The van der Waals surface area contributed by atoms with E-state index in [2.05, 4.69) is 11.1 Å². The van der Waals surface area contributed by atoms with E-state index in [0.29, 0.717) is 27.5 Å². The number of thioether (sulfide) groups is 1. The molecule has 2 aromatic heterocycles. The summed E-state index contributed by atoms with van der Waals surface area (Å²) in [4.78, 5) is 5.65. The van der Waals surface area contributed by atoms with E-state index in [-0.39, 0.29) is 11.6 Å². The van der Waals surface area contributed by atoms with E-state index < -0.39 is 0 Å². The fraction of sp³-hybridized carbons (Fsp3) is 0.0435. The molecule has 0 radical (unpaired) electrons. The minimum absolute atomic E-state index is 0.285. The SMILES string of the molecule is N#Cc1c(-c2ccc(F)cc2)cc(-c2cccs2)nc1SCc1ccccc1F. The van der Waals surface area contributed by atoms with Gasteiger partial charge in [-0.15, -0.1) is 23.1 Å². The Balaban J connectivity index is 1.81. The predicted molar refractivity (Wildman–Crippen MR) is 114 cm³/mol. The standard InChI is InChI=1S/C23H14F2N2S2/c24-17-9-7-15(8-10-17)18-12-21(22-6-3-11-28-22)27-23(19(18)13-26)29-14-16-4-1-2-5-20(16)25/h1-12H,14H2. The molecule has 0 unspecified atom stereocenters. The molecule has 0 aliphatic rings. The Morgan fingerprint density at radius 3 is 2.48 bits per heavy atom. The second kappa shape index (κ2) is 8.56. The van der Waals surface area contributed by atoms with Gasteiger partial charge in [0.1, 0.15) is 22.7 Å². The van der Waals surface area contributed by atoms with Gasteiger partial charge >= 0.3 is 0 Å². The Hall–Kier alpha value is -3.01. The van der Waals surface area contributed by atoms with Crippen LogP contribution in [0.3, 0.4) is 0 Å². The second-order valence-electron chi connectivity index (χ2n) is 6.21. The van der Waals surface area contributed by atoms with Gasteiger partial charge in [0.2, 0.25) is 0 Å². The third-order valence-electron chi connectivity index (χ3n) is 4.35. The molecule has 0 aliphatic carbocycles. The molecule has 0 saturated heterocycles. The first-order valence-electron chi connectivity index (χ1n) is 8.77. The summed E-state index contributed by atoms with van der Waals surface area (Å²) < 4.78 is 27.4. The Kier molecular flexibility index (Phi) is 5.70. The smallest absolute Gasteiger partial charge is 0.127 e. The van der Waals surface area contributed by atoms with E-state index >= 15 is 0 Å². The van der Waals surface area contributed by atoms with E-state index in [1.807, 2.05) is 23.6 Å². The number of nitriles is 1. The average Bonchev–Trinajstić information content (AvgIpc) is 3.28. The van der Waals surface area contributed by atoms with Crippen LogP contribution in [-0.2, 0) is 5.75 Å². The normalized spacial score (nSPS) is 10.7. The molecular formula is C23H14F2N2S2. The van der Waals surface area contributed by atoms with Crippen LogP contribution in [-0.4, -0.2) is 4.98 Å². The summed E-state index contributed by atoms with van der Waals surface area (Å²) in [6, 6.07) is 20.6. The van der Waals surface area contributed by atoms with Gasteiger partial charge in [-0.2, -0.15) is 5.26 Å². The molecule has 29 heavy (non-hydrogen) atoms. The van der Waals surface area contributed by atoms with Crippen molar-refractivity contribution in [3.05, 3.63) is 94.9 Å². The molecule has 0 fully saturated rings. The lowest BCUT2D eigenvalue weighted by molar-refractivity contribution is 0.617. The number of rotatable bonds is 5. The molecule has 2 aromatic carbocycles. The van der Waals surface area contributed by atoms with Gasteiger partial charge < -0.3 is 0 Å². The van der Waals surface area contributed by atoms with Crippen molar-refractivity contribution >= 4 is 23.1 Å². The number of hydrogen-bond acceptors (Lipinski definition) is 4. The van der Waals surface area contributed by atoms with Gasteiger partial charge in [-0.25, -0.2) is 13.8 Å². The van der Waals surface area contributed by atoms with Crippen molar-refractivity contribution in [1.82, 2.24) is 4.98 Å². The van der Waals surface area contributed by atoms with Crippen LogP contribution in [0.2, 0.25) is 0 Å². The van der Waals surface area contributed by atoms with Crippen molar-refractivity contribution in [2.24, 2.45) is 0 Å². The quantitative estimate of drug-likeness (QED) is 0.329. The van der Waals surface area contributed by atoms with Gasteiger partial charge in [0.15, 0.2) is 0 Å². The van der Waals surface area contributed by atoms with Crippen molar-refractivity contribution in [1.29, 1.82) is 5.26 Å². The number of hydrogen-bond donors (Lipinski definition) is 0. The highest BCUT2D eigenvalue weighted by Gasteiger charge is 2.17. The molecular weight excluding hydrogens is 406 g/mol. The van der Waals surface area contributed by atoms with Gasteiger partial charge in [0, 0.05) is 11.3 Å². The lowest BCUT2D eigenvalue weighted by Gasteiger charge is -2.12. The van der Waals surface area contributed by atoms with Crippen molar-refractivity contribution in [3.63, 3.8) is 0 Å². The fourth-order valence-corrected chi connectivity index (χ4v) is 4.58. The van der Waals surface area contributed by atoms with Gasteiger partial charge in [0.05, 0.1) is 16.1 Å². The molecule has 2 heterocycles. The molecule has 0 saturated carbocycles. The van der Waals surface area contributed by atoms with E-state index in [0.717, 1.165) is 16.1 Å². The minimum atomic E-state index is -0.339. The van der Waals surface area contributed by atoms with Crippen LogP contribution in [0.15, 0.2) is 77.1 Å². The Morgan fingerprint density at radius 1 is 1.00 bits per heavy atom.